The van der Waals surface area contributed by atoms with E-state index in [1.54, 1.807) is 31.3 Å². The number of likely N-dealkylation sites (N-methyl/N-ethyl adjacent to an activating group) is 1. The third-order valence-corrected chi connectivity index (χ3v) is 3.43. The molecule has 2 aromatic rings. The first-order valence-electron chi connectivity index (χ1n) is 6.81. The van der Waals surface area contributed by atoms with Crippen LogP contribution in [0.25, 0.3) is 10.8 Å². The predicted octanol–water partition coefficient (Wildman–Crippen LogP) is 0.661. The Morgan fingerprint density at radius 2 is 1.91 bits per heavy atom. The number of aromatic nitrogens is 2. The molecule has 0 bridgehead atoms. The zero-order chi connectivity index (χ0) is 16.3. The number of fused-ring (bicyclic) bond motifs is 1. The molecule has 0 spiro atoms. The highest BCUT2D eigenvalue weighted by atomic mass is 16.5. The number of nitrogens with zero attached hydrogens (tertiary/aromatic N) is 3. The fourth-order valence-corrected chi connectivity index (χ4v) is 2.01. The number of ether oxygens (including phenoxy) is 1. The Kier molecular flexibility index (Phi) is 4.55. The van der Waals surface area contributed by atoms with Crippen LogP contribution in [0.3, 0.4) is 0 Å². The van der Waals surface area contributed by atoms with Crippen molar-refractivity contribution in [1.29, 1.82) is 0 Å². The van der Waals surface area contributed by atoms with Gasteiger partial charge in [0, 0.05) is 19.0 Å². The number of hydrogen-bond acceptors (Lipinski definition) is 5. The lowest BCUT2D eigenvalue weighted by molar-refractivity contribution is -0.130. The third-order valence-electron chi connectivity index (χ3n) is 3.43. The molecule has 7 nitrogen and oxygen atoms in total. The summed E-state index contributed by atoms with van der Waals surface area (Å²) >= 11 is 0. The molecule has 0 aliphatic carbocycles. The molecule has 0 atom stereocenters. The Hall–Kier alpha value is -2.70. The third kappa shape index (κ3) is 2.83. The maximum absolute atomic E-state index is 12.4. The van der Waals surface area contributed by atoms with Gasteiger partial charge in [0.15, 0.2) is 5.69 Å². The number of rotatable bonds is 4. The number of esters is 1. The van der Waals surface area contributed by atoms with Gasteiger partial charge in [0.05, 0.1) is 12.5 Å². The summed E-state index contributed by atoms with van der Waals surface area (Å²) in [5, 5.41) is 4.74. The lowest BCUT2D eigenvalue weighted by Gasteiger charge is -2.15. The second-order valence-corrected chi connectivity index (χ2v) is 4.76. The van der Waals surface area contributed by atoms with E-state index in [9.17, 15) is 14.4 Å². The van der Waals surface area contributed by atoms with Gasteiger partial charge in [-0.2, -0.15) is 5.10 Å². The van der Waals surface area contributed by atoms with E-state index in [0.717, 1.165) is 4.68 Å². The highest BCUT2D eigenvalue weighted by molar-refractivity contribution is 6.02. The van der Waals surface area contributed by atoms with Crippen LogP contribution in [0.1, 0.15) is 17.4 Å². The van der Waals surface area contributed by atoms with Crippen LogP contribution in [-0.2, 0) is 16.1 Å². The number of hydrogen-bond donors (Lipinski definition) is 0. The van der Waals surface area contributed by atoms with Crippen molar-refractivity contribution >= 4 is 22.6 Å². The molecule has 22 heavy (non-hydrogen) atoms. The van der Waals surface area contributed by atoms with Crippen LogP contribution >= 0.6 is 0 Å². The van der Waals surface area contributed by atoms with E-state index in [4.69, 9.17) is 4.74 Å². The minimum Gasteiger partial charge on any atom is -0.464 e. The van der Waals surface area contributed by atoms with Crippen LogP contribution in [0.5, 0.6) is 0 Å². The number of amides is 1. The fraction of sp³-hybridized carbons (Fsp3) is 0.333. The largest absolute Gasteiger partial charge is 0.464 e. The molecule has 2 rings (SSSR count). The van der Waals surface area contributed by atoms with Gasteiger partial charge in [0.2, 0.25) is 5.91 Å². The van der Waals surface area contributed by atoms with Crippen LogP contribution in [0.4, 0.5) is 0 Å². The fourth-order valence-electron chi connectivity index (χ4n) is 2.01. The van der Waals surface area contributed by atoms with E-state index >= 15 is 0 Å². The van der Waals surface area contributed by atoms with Crippen molar-refractivity contribution in [3.05, 3.63) is 40.3 Å². The predicted molar refractivity (Wildman–Crippen MR) is 80.7 cm³/mol. The van der Waals surface area contributed by atoms with Crippen LogP contribution in [0.2, 0.25) is 0 Å². The Morgan fingerprint density at radius 1 is 1.27 bits per heavy atom. The minimum atomic E-state index is -0.652. The molecular weight excluding hydrogens is 286 g/mol. The molecule has 1 aromatic carbocycles. The summed E-state index contributed by atoms with van der Waals surface area (Å²) < 4.78 is 5.70. The molecule has 0 N–H and O–H groups in total. The first kappa shape index (κ1) is 15.7. The summed E-state index contributed by atoms with van der Waals surface area (Å²) in [5.74, 6) is -0.913. The molecule has 0 radical (unpaired) electrons. The minimum absolute atomic E-state index is 0.0182. The lowest BCUT2D eigenvalue weighted by atomic mass is 10.1. The Bertz CT molecular complexity index is 782. The van der Waals surface area contributed by atoms with Gasteiger partial charge in [-0.25, -0.2) is 9.48 Å². The lowest BCUT2D eigenvalue weighted by Crippen LogP contribution is -2.35. The first-order valence-corrected chi connectivity index (χ1v) is 6.81. The van der Waals surface area contributed by atoms with E-state index in [-0.39, 0.29) is 18.1 Å². The summed E-state index contributed by atoms with van der Waals surface area (Å²) in [6.45, 7) is 2.12. The highest BCUT2D eigenvalue weighted by Gasteiger charge is 2.18. The zero-order valence-corrected chi connectivity index (χ0v) is 12.7. The van der Waals surface area contributed by atoms with E-state index in [1.165, 1.54) is 12.0 Å². The molecule has 1 aromatic heterocycles. The monoisotopic (exact) mass is 303 g/mol. The van der Waals surface area contributed by atoms with E-state index < -0.39 is 11.5 Å². The van der Waals surface area contributed by atoms with Crippen molar-refractivity contribution < 1.29 is 14.3 Å². The van der Waals surface area contributed by atoms with Crippen molar-refractivity contribution in [1.82, 2.24) is 14.7 Å². The normalized spacial score (nSPS) is 10.5. The summed E-state index contributed by atoms with van der Waals surface area (Å²) in [4.78, 5) is 37.8. The molecule has 0 aliphatic rings. The average Bonchev–Trinajstić information content (AvgIpc) is 2.55. The number of carbonyl (C=O) groups is 2. The summed E-state index contributed by atoms with van der Waals surface area (Å²) in [6.07, 6.45) is 0. The second-order valence-electron chi connectivity index (χ2n) is 4.76. The van der Waals surface area contributed by atoms with Crippen LogP contribution in [-0.4, -0.2) is 47.3 Å². The van der Waals surface area contributed by atoms with Crippen LogP contribution < -0.4 is 5.56 Å². The molecule has 1 amide bonds. The van der Waals surface area contributed by atoms with Gasteiger partial charge < -0.3 is 9.64 Å². The van der Waals surface area contributed by atoms with Gasteiger partial charge in [-0.05, 0) is 13.0 Å². The van der Waals surface area contributed by atoms with Crippen molar-refractivity contribution in [2.45, 2.75) is 13.5 Å². The molecule has 116 valence electrons. The SMILES string of the molecule is CCN(C)C(=O)Cn1nc(C(=O)OC)c2ccccc2c1=O. The van der Waals surface area contributed by atoms with Crippen LogP contribution in [0.15, 0.2) is 29.1 Å². The summed E-state index contributed by atoms with van der Waals surface area (Å²) in [7, 11) is 2.87. The van der Waals surface area contributed by atoms with Gasteiger partial charge in [-0.15, -0.1) is 0 Å². The van der Waals surface area contributed by atoms with Crippen molar-refractivity contribution in [2.75, 3.05) is 20.7 Å². The van der Waals surface area contributed by atoms with Crippen molar-refractivity contribution in [2.24, 2.45) is 0 Å². The van der Waals surface area contributed by atoms with Gasteiger partial charge in [-0.3, -0.25) is 9.59 Å². The molecule has 7 heteroatoms. The maximum Gasteiger partial charge on any atom is 0.359 e. The van der Waals surface area contributed by atoms with Crippen molar-refractivity contribution in [3.63, 3.8) is 0 Å². The number of methoxy groups -OCH3 is 1. The van der Waals surface area contributed by atoms with Crippen molar-refractivity contribution in [3.8, 4) is 0 Å². The molecule has 0 unspecified atom stereocenters. The van der Waals surface area contributed by atoms with Crippen LogP contribution in [0, 0.1) is 0 Å². The number of carbonyl (C=O) groups excluding carboxylic acids is 2. The Balaban J connectivity index is 2.60. The second kappa shape index (κ2) is 6.38. The maximum atomic E-state index is 12.4. The molecule has 0 saturated carbocycles. The smallest absolute Gasteiger partial charge is 0.359 e. The molecule has 0 saturated heterocycles. The zero-order valence-electron chi connectivity index (χ0n) is 12.7. The quantitative estimate of drug-likeness (QED) is 0.775. The Morgan fingerprint density at radius 3 is 2.50 bits per heavy atom. The topological polar surface area (TPSA) is 81.5 Å². The summed E-state index contributed by atoms with van der Waals surface area (Å²) in [5.41, 5.74) is -0.397. The molecule has 0 fully saturated rings. The van der Waals surface area contributed by atoms with Gasteiger partial charge in [-0.1, -0.05) is 18.2 Å². The number of benzene rings is 1. The Labute approximate surface area is 127 Å². The molecule has 1 heterocycles. The van der Waals surface area contributed by atoms with Gasteiger partial charge >= 0.3 is 5.97 Å². The molecule has 0 aliphatic heterocycles. The molecular formula is C15H17N3O4. The van der Waals surface area contributed by atoms with E-state index in [0.29, 0.717) is 17.3 Å². The first-order chi connectivity index (χ1) is 10.5. The van der Waals surface area contributed by atoms with Gasteiger partial charge in [0.25, 0.3) is 5.56 Å². The highest BCUT2D eigenvalue weighted by Crippen LogP contribution is 2.14. The average molecular weight is 303 g/mol. The standard InChI is InChI=1S/C15H17N3O4/c1-4-17(2)12(19)9-18-14(20)11-8-6-5-7-10(11)13(16-18)15(21)22-3/h5-8H,4,9H2,1-3H3. The van der Waals surface area contributed by atoms with E-state index in [1.807, 2.05) is 6.92 Å². The summed E-state index contributed by atoms with van der Waals surface area (Å²) in [6, 6.07) is 6.61. The van der Waals surface area contributed by atoms with E-state index in [2.05, 4.69) is 5.10 Å². The van der Waals surface area contributed by atoms with Gasteiger partial charge in [0.1, 0.15) is 6.54 Å².